The quantitative estimate of drug-likeness (QED) is 0.0897. The monoisotopic (exact) mass is 560 g/mol. The van der Waals surface area contributed by atoms with Crippen LogP contribution in [0.4, 0.5) is 0 Å². The van der Waals surface area contributed by atoms with Crippen molar-refractivity contribution in [1.82, 2.24) is 0 Å². The molecule has 0 saturated carbocycles. The lowest BCUT2D eigenvalue weighted by Crippen LogP contribution is -2.23. The molecule has 0 spiro atoms. The lowest BCUT2D eigenvalue weighted by Gasteiger charge is -2.24. The van der Waals surface area contributed by atoms with E-state index in [-0.39, 0.29) is 5.78 Å². The number of carbonyl (C=O) groups is 1. The molecule has 0 fully saturated rings. The van der Waals surface area contributed by atoms with Gasteiger partial charge in [-0.15, -0.1) is 0 Å². The average Bonchev–Trinajstić information content (AvgIpc) is 2.97. The van der Waals surface area contributed by atoms with Gasteiger partial charge in [-0.05, 0) is 36.8 Å². The van der Waals surface area contributed by atoms with Crippen LogP contribution in [-0.2, 0) is 12.8 Å². The molecular weight excluding hydrogens is 504 g/mol. The molecule has 2 aromatic carbocycles. The molecule has 2 aromatic rings. The molecule has 0 unspecified atom stereocenters. The Kier molecular flexibility index (Phi) is 15.8. The van der Waals surface area contributed by atoms with Gasteiger partial charge in [0.05, 0.1) is 4.86 Å². The summed E-state index contributed by atoms with van der Waals surface area (Å²) in [6.45, 7) is 4.56. The zero-order valence-corrected chi connectivity index (χ0v) is 26.7. The first-order valence-corrected chi connectivity index (χ1v) is 17.4. The van der Waals surface area contributed by atoms with E-state index < -0.39 is 0 Å². The van der Waals surface area contributed by atoms with Crippen LogP contribution >= 0.6 is 12.2 Å². The number of hydrogen-bond donors (Lipinski definition) is 0. The molecule has 0 aromatic heterocycles. The van der Waals surface area contributed by atoms with E-state index in [0.717, 1.165) is 46.4 Å². The first-order chi connectivity index (χ1) is 19.7. The van der Waals surface area contributed by atoms with Crippen molar-refractivity contribution in [2.75, 3.05) is 0 Å². The van der Waals surface area contributed by atoms with Crippen LogP contribution in [0.5, 0.6) is 0 Å². The van der Waals surface area contributed by atoms with E-state index in [4.69, 9.17) is 12.2 Å². The van der Waals surface area contributed by atoms with E-state index in [1.54, 1.807) is 0 Å². The van der Waals surface area contributed by atoms with Crippen molar-refractivity contribution in [1.29, 1.82) is 0 Å². The largest absolute Gasteiger partial charge is 0.289 e. The van der Waals surface area contributed by atoms with Gasteiger partial charge in [-0.3, -0.25) is 4.79 Å². The van der Waals surface area contributed by atoms with Gasteiger partial charge < -0.3 is 0 Å². The third kappa shape index (κ3) is 10.2. The van der Waals surface area contributed by atoms with Crippen molar-refractivity contribution in [3.05, 3.63) is 69.8 Å². The number of fused-ring (bicyclic) bond motifs is 2. The number of carbonyl (C=O) groups excluding carboxylic acids is 1. The van der Waals surface area contributed by atoms with E-state index in [1.807, 2.05) is 6.07 Å². The first kappa shape index (κ1) is 32.7. The van der Waals surface area contributed by atoms with E-state index >= 15 is 0 Å². The second-order valence-electron chi connectivity index (χ2n) is 12.2. The molecule has 0 heterocycles. The summed E-state index contributed by atoms with van der Waals surface area (Å²) < 4.78 is 0. The van der Waals surface area contributed by atoms with Crippen LogP contribution in [0.1, 0.15) is 180 Å². The van der Waals surface area contributed by atoms with Crippen LogP contribution in [0.3, 0.4) is 0 Å². The summed E-state index contributed by atoms with van der Waals surface area (Å²) in [5.74, 6) is 0.186. The Morgan fingerprint density at radius 3 is 1.30 bits per heavy atom. The summed E-state index contributed by atoms with van der Waals surface area (Å²) in [6, 6.07) is 12.6. The molecule has 0 bridgehead atoms. The number of ketones is 1. The van der Waals surface area contributed by atoms with Crippen molar-refractivity contribution in [2.24, 2.45) is 0 Å². The number of rotatable bonds is 22. The molecule has 0 aliphatic heterocycles. The molecule has 40 heavy (non-hydrogen) atoms. The Balaban J connectivity index is 1.48. The summed E-state index contributed by atoms with van der Waals surface area (Å²) in [7, 11) is 0. The van der Waals surface area contributed by atoms with Gasteiger partial charge in [0.1, 0.15) is 0 Å². The zero-order valence-electron chi connectivity index (χ0n) is 25.8. The van der Waals surface area contributed by atoms with Crippen molar-refractivity contribution in [3.8, 4) is 0 Å². The average molecular weight is 561 g/mol. The summed E-state index contributed by atoms with van der Waals surface area (Å²) in [5, 5.41) is 0. The Labute approximate surface area is 251 Å². The highest BCUT2D eigenvalue weighted by Crippen LogP contribution is 2.33. The fraction of sp³-hybridized carbons (Fsp3) is 0.632. The molecule has 0 amide bonds. The van der Waals surface area contributed by atoms with Gasteiger partial charge in [0.15, 0.2) is 5.78 Å². The van der Waals surface area contributed by atoms with E-state index in [1.165, 1.54) is 133 Å². The highest BCUT2D eigenvalue weighted by molar-refractivity contribution is 7.81. The summed E-state index contributed by atoms with van der Waals surface area (Å²) in [4.78, 5) is 14.7. The molecule has 220 valence electrons. The molecule has 2 heteroatoms. The van der Waals surface area contributed by atoms with E-state index in [9.17, 15) is 4.79 Å². The standard InChI is InChI=1S/C38H56OS/c1-3-5-7-9-11-13-15-17-19-21-25-31-27-24-30-34-35(31)37(39)33-29-23-28-32(36(33)38(34)40)26-22-20-18-16-14-12-10-8-6-4-2/h23-24,27-30H,3-22,25-26H2,1-2H3. The topological polar surface area (TPSA) is 17.1 Å². The summed E-state index contributed by atoms with van der Waals surface area (Å²) >= 11 is 6.06. The third-order valence-electron chi connectivity index (χ3n) is 8.84. The molecule has 1 aliphatic rings. The fourth-order valence-electron chi connectivity index (χ4n) is 6.41. The minimum absolute atomic E-state index is 0.186. The zero-order chi connectivity index (χ0) is 28.4. The van der Waals surface area contributed by atoms with Crippen molar-refractivity contribution in [3.63, 3.8) is 0 Å². The lowest BCUT2D eigenvalue weighted by molar-refractivity contribution is 0.103. The van der Waals surface area contributed by atoms with Gasteiger partial charge >= 0.3 is 0 Å². The minimum Gasteiger partial charge on any atom is -0.289 e. The Bertz CT molecular complexity index is 952. The Morgan fingerprint density at radius 2 is 0.850 bits per heavy atom. The third-order valence-corrected chi connectivity index (χ3v) is 9.27. The normalized spacial score (nSPS) is 12.6. The van der Waals surface area contributed by atoms with Gasteiger partial charge in [0, 0.05) is 22.3 Å². The van der Waals surface area contributed by atoms with Crippen LogP contribution in [0.2, 0.25) is 0 Å². The maximum atomic E-state index is 13.8. The molecular formula is C38H56OS. The number of aryl methyl sites for hydroxylation is 2. The summed E-state index contributed by atoms with van der Waals surface area (Å²) in [6.07, 6.45) is 28.7. The van der Waals surface area contributed by atoms with Crippen molar-refractivity contribution < 1.29 is 4.79 Å². The number of unbranched alkanes of at least 4 members (excludes halogenated alkanes) is 18. The lowest BCUT2D eigenvalue weighted by atomic mass is 9.79. The van der Waals surface area contributed by atoms with Gasteiger partial charge in [-0.25, -0.2) is 0 Å². The minimum atomic E-state index is 0.186. The molecule has 0 N–H and O–H groups in total. The maximum Gasteiger partial charge on any atom is 0.194 e. The van der Waals surface area contributed by atoms with Crippen LogP contribution in [-0.4, -0.2) is 10.6 Å². The number of hydrogen-bond acceptors (Lipinski definition) is 2. The highest BCUT2D eigenvalue weighted by atomic mass is 32.1. The van der Waals surface area contributed by atoms with Crippen LogP contribution in [0.25, 0.3) is 0 Å². The molecule has 3 rings (SSSR count). The predicted octanol–water partition coefficient (Wildman–Crippen LogP) is 11.9. The number of thiocarbonyl (C=S) groups is 1. The molecule has 0 atom stereocenters. The van der Waals surface area contributed by atoms with Crippen LogP contribution in [0.15, 0.2) is 36.4 Å². The second kappa shape index (κ2) is 19.3. The van der Waals surface area contributed by atoms with E-state index in [0.29, 0.717) is 0 Å². The van der Waals surface area contributed by atoms with Gasteiger partial charge in [-0.1, -0.05) is 178 Å². The SMILES string of the molecule is CCCCCCCCCCCCc1cccc2c1C(=O)c1cccc(CCCCCCCCCCCC)c1C2=S. The maximum absolute atomic E-state index is 13.8. The summed E-state index contributed by atoms with van der Waals surface area (Å²) in [5.41, 5.74) is 6.20. The van der Waals surface area contributed by atoms with Crippen LogP contribution in [0, 0.1) is 0 Å². The van der Waals surface area contributed by atoms with Gasteiger partial charge in [0.2, 0.25) is 0 Å². The molecule has 1 aliphatic carbocycles. The van der Waals surface area contributed by atoms with Gasteiger partial charge in [-0.2, -0.15) is 0 Å². The Morgan fingerprint density at radius 1 is 0.475 bits per heavy atom. The van der Waals surface area contributed by atoms with E-state index in [2.05, 4.69) is 44.2 Å². The van der Waals surface area contributed by atoms with Crippen molar-refractivity contribution >= 4 is 22.9 Å². The molecule has 0 saturated heterocycles. The van der Waals surface area contributed by atoms with Gasteiger partial charge in [0.25, 0.3) is 0 Å². The smallest absolute Gasteiger partial charge is 0.194 e. The fourth-order valence-corrected chi connectivity index (χ4v) is 6.82. The Hall–Kier alpha value is -1.80. The van der Waals surface area contributed by atoms with Crippen LogP contribution < -0.4 is 0 Å². The highest BCUT2D eigenvalue weighted by Gasteiger charge is 2.30. The predicted molar refractivity (Wildman–Crippen MR) is 178 cm³/mol. The molecule has 0 radical (unpaired) electrons. The second-order valence-corrected chi connectivity index (χ2v) is 12.6. The first-order valence-electron chi connectivity index (χ1n) is 17.0. The number of benzene rings is 2. The molecule has 1 nitrogen and oxygen atoms in total. The van der Waals surface area contributed by atoms with Crippen molar-refractivity contribution in [2.45, 2.75) is 155 Å².